The van der Waals surface area contributed by atoms with Crippen LogP contribution in [0.5, 0.6) is 0 Å². The molecule has 0 saturated heterocycles. The monoisotopic (exact) mass is 1280 g/mol. The van der Waals surface area contributed by atoms with Crippen molar-refractivity contribution >= 4 is 149 Å². The summed E-state index contributed by atoms with van der Waals surface area (Å²) < 4.78 is 25.8. The van der Waals surface area contributed by atoms with Gasteiger partial charge in [-0.2, -0.15) is 6.42 Å². The fourth-order valence-corrected chi connectivity index (χ4v) is 15.4. The van der Waals surface area contributed by atoms with Gasteiger partial charge < -0.3 is 29.8 Å². The fraction of sp³-hybridized carbons (Fsp3) is 0.0519. The van der Waals surface area contributed by atoms with E-state index in [1.807, 2.05) is 60.7 Å². The van der Waals surface area contributed by atoms with Crippen LogP contribution in [0.4, 0.5) is 0 Å². The number of benzene rings is 12. The van der Waals surface area contributed by atoms with Crippen molar-refractivity contribution in [3.05, 3.63) is 303 Å². The van der Waals surface area contributed by atoms with Crippen LogP contribution >= 0.6 is 46.3 Å². The van der Waals surface area contributed by atoms with Gasteiger partial charge >= 0.3 is 18.9 Å². The second-order valence-electron chi connectivity index (χ2n) is 21.1. The third kappa shape index (κ3) is 11.7. The molecule has 0 aliphatic rings. The number of unbranched alkanes of at least 4 members (excludes halogenated alkanes) is 1. The Morgan fingerprint density at radius 1 is 0.348 bits per heavy atom. The van der Waals surface area contributed by atoms with Crippen molar-refractivity contribution in [1.82, 2.24) is 18.3 Å². The van der Waals surface area contributed by atoms with Gasteiger partial charge in [-0.25, -0.2) is 0 Å². The van der Waals surface area contributed by atoms with Crippen molar-refractivity contribution in [1.29, 1.82) is 0 Å². The molecule has 0 fully saturated rings. The summed E-state index contributed by atoms with van der Waals surface area (Å²) in [5, 5.41) is 24.5. The van der Waals surface area contributed by atoms with Crippen LogP contribution in [0, 0.1) is 6.92 Å². The van der Waals surface area contributed by atoms with E-state index >= 15 is 4.57 Å². The molecule has 89 heavy (non-hydrogen) atoms. The van der Waals surface area contributed by atoms with E-state index in [1.54, 1.807) is 0 Å². The smallest absolute Gasteiger partial charge is 0.343 e. The second kappa shape index (κ2) is 28.0. The SMILES string of the molecule is Brc1ccc2c(c1)c1ccccc1n2-c1cccc(-n2c3ccccc3c3ccccc32)c1.ClCCl.O=P(c1ccccc1)(c1ccccc1)c1ccc2c(c1)c1ccccc1n2-c1cccc(-n2c3ccccc3c3ccccc32)c1.OO.[CH2-]CCC.[Li+]. The Balaban J connectivity index is 0.000000167. The van der Waals surface area contributed by atoms with E-state index < -0.39 is 7.14 Å². The number of nitrogens with zero attached hydrogens (tertiary/aromatic N) is 4. The molecule has 0 radical (unpaired) electrons. The number of hydrogen-bond acceptors (Lipinski definition) is 3. The number of rotatable bonds is 8. The van der Waals surface area contributed by atoms with Gasteiger partial charge in [0, 0.05) is 86.2 Å². The van der Waals surface area contributed by atoms with E-state index in [1.165, 1.54) is 71.8 Å². The molecule has 7 nitrogen and oxygen atoms in total. The average molecular weight is 1280 g/mol. The first kappa shape index (κ1) is 62.3. The van der Waals surface area contributed by atoms with Crippen molar-refractivity contribution < 1.29 is 33.9 Å². The molecule has 0 atom stereocenters. The molecule has 0 spiro atoms. The van der Waals surface area contributed by atoms with Gasteiger partial charge in [-0.15, -0.1) is 23.2 Å². The Morgan fingerprint density at radius 3 is 0.921 bits per heavy atom. The Morgan fingerprint density at radius 2 is 0.607 bits per heavy atom. The number of aromatic nitrogens is 4. The molecule has 0 aliphatic heterocycles. The standard InChI is InChI=1S/C42H29N2OP.C30H19BrN2.C4H9.CH2Cl2.Li.H2O2/c45-46(32-16-3-1-4-17-32,33-18-5-2-6-19-33)34-26-27-42-38(29-34)37-22-9-12-25-41(37)44(42)31-15-13-14-30(28-31)43-39-23-10-7-20-35(39)36-21-8-11-24-40(36)43;31-20-16-17-30-26(18-20)25-12-3-6-15-29(25)33(30)22-9-7-8-21(19-22)32-27-13-4-1-10-23(27)24-11-2-5-14-28(24)32;1-3-4-2;2-1-3;;1-2/h1-29H;1-19H;1,3-4H2,2H3;1H2;;1-2H/q;;-1;;+1;. The molecule has 0 bridgehead atoms. The fourth-order valence-electron chi connectivity index (χ4n) is 12.3. The van der Waals surface area contributed by atoms with E-state index in [-0.39, 0.29) is 24.2 Å². The van der Waals surface area contributed by atoms with Crippen molar-refractivity contribution in [2.45, 2.75) is 19.8 Å². The molecule has 12 heteroatoms. The van der Waals surface area contributed by atoms with Gasteiger partial charge in [0.25, 0.3) is 0 Å². The predicted molar refractivity (Wildman–Crippen MR) is 379 cm³/mol. The van der Waals surface area contributed by atoms with Crippen molar-refractivity contribution in [2.75, 3.05) is 5.34 Å². The van der Waals surface area contributed by atoms with Crippen LogP contribution in [-0.2, 0) is 4.57 Å². The summed E-state index contributed by atoms with van der Waals surface area (Å²) in [6, 6.07) is 102. The summed E-state index contributed by atoms with van der Waals surface area (Å²) in [5.74, 6) is 0. The number of halogens is 3. The third-order valence-corrected chi connectivity index (χ3v) is 19.6. The predicted octanol–water partition coefficient (Wildman–Crippen LogP) is 18.2. The summed E-state index contributed by atoms with van der Waals surface area (Å²) >= 11 is 13.2. The number of alkyl halides is 2. The van der Waals surface area contributed by atoms with E-state index in [0.29, 0.717) is 0 Å². The van der Waals surface area contributed by atoms with Crippen LogP contribution < -0.4 is 34.8 Å². The van der Waals surface area contributed by atoms with Gasteiger partial charge in [-0.3, -0.25) is 10.5 Å². The summed E-state index contributed by atoms with van der Waals surface area (Å²) in [4.78, 5) is 0. The maximum absolute atomic E-state index is 15.3. The molecule has 2 N–H and O–H groups in total. The molecule has 4 aromatic heterocycles. The van der Waals surface area contributed by atoms with Gasteiger partial charge in [0.15, 0.2) is 7.14 Å². The number of para-hydroxylation sites is 6. The molecule has 434 valence electrons. The maximum Gasteiger partial charge on any atom is 1.00 e. The van der Waals surface area contributed by atoms with Gasteiger partial charge in [0.05, 0.1) is 49.5 Å². The Bertz CT molecular complexity index is 5030. The number of fused-ring (bicyclic) bond motifs is 12. The minimum Gasteiger partial charge on any atom is -0.343 e. The molecule has 12 aromatic carbocycles. The Labute approximate surface area is 547 Å². The van der Waals surface area contributed by atoms with Crippen molar-refractivity contribution in [3.8, 4) is 22.7 Å². The first-order valence-electron chi connectivity index (χ1n) is 29.1. The molecular weight excluding hydrogens is 1220 g/mol. The van der Waals surface area contributed by atoms with E-state index in [2.05, 4.69) is 279 Å². The molecule has 4 heterocycles. The largest absolute Gasteiger partial charge is 1.00 e. The first-order chi connectivity index (χ1) is 43.3. The Hall–Kier alpha value is -8.35. The second-order valence-corrected chi connectivity index (χ2v) is 25.6. The van der Waals surface area contributed by atoms with E-state index in [4.69, 9.17) is 33.7 Å². The molecular formula is C77H61BrCl2LiN4O3P. The van der Waals surface area contributed by atoms with Crippen LogP contribution in [0.1, 0.15) is 19.8 Å². The molecule has 0 aliphatic carbocycles. The number of hydrogen-bond donors (Lipinski definition) is 2. The van der Waals surface area contributed by atoms with Crippen molar-refractivity contribution in [3.63, 3.8) is 0 Å². The summed E-state index contributed by atoms with van der Waals surface area (Å²) in [5.41, 5.74) is 13.9. The van der Waals surface area contributed by atoms with Gasteiger partial charge in [-0.1, -0.05) is 211 Å². The normalized spacial score (nSPS) is 11.2. The van der Waals surface area contributed by atoms with Crippen LogP contribution in [0.15, 0.2) is 296 Å². The van der Waals surface area contributed by atoms with Gasteiger partial charge in [-0.05, 0) is 109 Å². The molecule has 0 saturated carbocycles. The zero-order chi connectivity index (χ0) is 60.7. The average Bonchev–Trinajstić information content (AvgIpc) is 1.70. The minimum atomic E-state index is -3.12. The zero-order valence-corrected chi connectivity index (χ0v) is 53.2. The molecule has 0 amide bonds. The minimum absolute atomic E-state index is 0. The first-order valence-corrected chi connectivity index (χ1v) is 32.6. The van der Waals surface area contributed by atoms with Crippen LogP contribution in [0.25, 0.3) is 110 Å². The topological polar surface area (TPSA) is 77.2 Å². The summed E-state index contributed by atoms with van der Waals surface area (Å²) in [6.45, 7) is 5.72. The molecule has 0 unspecified atom stereocenters. The maximum atomic E-state index is 15.3. The molecule has 16 aromatic rings. The van der Waals surface area contributed by atoms with Gasteiger partial charge in [0.1, 0.15) is 0 Å². The molecule has 16 rings (SSSR count). The Kier molecular flexibility index (Phi) is 19.6. The van der Waals surface area contributed by atoms with E-state index in [9.17, 15) is 0 Å². The van der Waals surface area contributed by atoms with Crippen LogP contribution in [0.3, 0.4) is 0 Å². The summed E-state index contributed by atoms with van der Waals surface area (Å²) in [6.07, 6.45) is 2.28. The van der Waals surface area contributed by atoms with Crippen LogP contribution in [0.2, 0.25) is 0 Å². The van der Waals surface area contributed by atoms with E-state index in [0.717, 1.165) is 71.4 Å². The van der Waals surface area contributed by atoms with Gasteiger partial charge in [0.2, 0.25) is 0 Å². The quantitative estimate of drug-likeness (QED) is 0.0397. The van der Waals surface area contributed by atoms with Crippen molar-refractivity contribution in [2.24, 2.45) is 0 Å². The summed E-state index contributed by atoms with van der Waals surface area (Å²) in [7, 11) is -3.12. The third-order valence-electron chi connectivity index (χ3n) is 16.1. The van der Waals surface area contributed by atoms with Crippen LogP contribution in [-0.4, -0.2) is 34.1 Å². The zero-order valence-electron chi connectivity index (χ0n) is 49.2.